The van der Waals surface area contributed by atoms with Gasteiger partial charge in [-0.15, -0.1) is 0 Å². The van der Waals surface area contributed by atoms with E-state index < -0.39 is 12.9 Å². The molecule has 0 aliphatic heterocycles. The van der Waals surface area contributed by atoms with Crippen LogP contribution in [0.1, 0.15) is 51.3 Å². The molecule has 1 heterocycles. The molecule has 0 saturated carbocycles. The van der Waals surface area contributed by atoms with Crippen LogP contribution in [0.2, 0.25) is 0 Å². The lowest BCUT2D eigenvalue weighted by atomic mass is 9.99. The molecular weight excluding hydrogens is 346 g/mol. The Kier molecular flexibility index (Phi) is 7.00. The van der Waals surface area contributed by atoms with E-state index in [0.717, 1.165) is 6.42 Å². The van der Waals surface area contributed by atoms with Gasteiger partial charge in [0.05, 0.1) is 12.2 Å². The van der Waals surface area contributed by atoms with Crippen LogP contribution in [0.15, 0.2) is 36.5 Å². The molecule has 0 radical (unpaired) electrons. The molecule has 0 spiro atoms. The molecule has 0 fully saturated rings. The number of hydrogen-bond donors (Lipinski definition) is 0. The van der Waals surface area contributed by atoms with Crippen LogP contribution in [0.5, 0.6) is 5.75 Å². The van der Waals surface area contributed by atoms with Crippen molar-refractivity contribution in [1.29, 1.82) is 0 Å². The molecule has 0 N–H and O–H groups in total. The van der Waals surface area contributed by atoms with Crippen LogP contribution >= 0.6 is 0 Å². The van der Waals surface area contributed by atoms with Gasteiger partial charge in [0.2, 0.25) is 0 Å². The average molecular weight is 369 g/mol. The monoisotopic (exact) mass is 369 g/mol. The zero-order valence-electron chi connectivity index (χ0n) is 15.1. The number of ether oxygens (including phenoxy) is 1. The number of hydrogen-bond acceptors (Lipinski definition) is 2. The molecule has 26 heavy (non-hydrogen) atoms. The fraction of sp³-hybridized carbons (Fsp3) is 0.450. The fourth-order valence-electron chi connectivity index (χ4n) is 2.88. The molecule has 142 valence electrons. The highest BCUT2D eigenvalue weighted by Gasteiger charge is 2.18. The highest BCUT2D eigenvalue weighted by Crippen LogP contribution is 2.34. The first-order valence-corrected chi connectivity index (χ1v) is 8.57. The van der Waals surface area contributed by atoms with E-state index in [9.17, 15) is 17.6 Å². The molecule has 0 unspecified atom stereocenters. The molecule has 6 heteroatoms. The molecule has 2 rings (SSSR count). The molecule has 0 amide bonds. The quantitative estimate of drug-likeness (QED) is 0.484. The first-order chi connectivity index (χ1) is 12.3. The second kappa shape index (κ2) is 9.01. The Balaban J connectivity index is 2.24. The van der Waals surface area contributed by atoms with Crippen molar-refractivity contribution in [1.82, 2.24) is 4.98 Å². The number of pyridine rings is 1. The van der Waals surface area contributed by atoms with Gasteiger partial charge in [-0.1, -0.05) is 26.8 Å². The van der Waals surface area contributed by atoms with Crippen molar-refractivity contribution in [3.8, 4) is 16.9 Å². The summed E-state index contributed by atoms with van der Waals surface area (Å²) in [7, 11) is 0. The molecule has 1 aromatic heterocycles. The first kappa shape index (κ1) is 20.2. The number of benzene rings is 1. The fourth-order valence-corrected chi connectivity index (χ4v) is 2.88. The van der Waals surface area contributed by atoms with Gasteiger partial charge in [0.1, 0.15) is 11.4 Å². The van der Waals surface area contributed by atoms with Crippen molar-refractivity contribution in [2.45, 2.75) is 40.0 Å². The van der Waals surface area contributed by atoms with E-state index in [2.05, 4.69) is 18.8 Å². The van der Waals surface area contributed by atoms with E-state index in [4.69, 9.17) is 4.74 Å². The Hall–Kier alpha value is -2.11. The third kappa shape index (κ3) is 5.44. The van der Waals surface area contributed by atoms with Gasteiger partial charge in [-0.25, -0.2) is 17.6 Å². The SMILES string of the molecule is CC(C)C[C@H](C)COc1ccc(-c2ccnc(C(F)F)c2)cc1C(F)F. The molecule has 2 nitrogen and oxygen atoms in total. The highest BCUT2D eigenvalue weighted by molar-refractivity contribution is 5.66. The van der Waals surface area contributed by atoms with Gasteiger partial charge >= 0.3 is 0 Å². The number of nitrogens with zero attached hydrogens (tertiary/aromatic N) is 1. The van der Waals surface area contributed by atoms with E-state index in [1.165, 1.54) is 30.5 Å². The van der Waals surface area contributed by atoms with Gasteiger partial charge in [0, 0.05) is 6.20 Å². The summed E-state index contributed by atoms with van der Waals surface area (Å²) in [6.07, 6.45) is -3.25. The van der Waals surface area contributed by atoms with E-state index >= 15 is 0 Å². The summed E-state index contributed by atoms with van der Waals surface area (Å²) in [5.41, 5.74) is 0.211. The first-order valence-electron chi connectivity index (χ1n) is 8.57. The second-order valence-corrected chi connectivity index (χ2v) is 6.87. The van der Waals surface area contributed by atoms with Crippen molar-refractivity contribution in [2.24, 2.45) is 11.8 Å². The zero-order chi connectivity index (χ0) is 19.3. The maximum atomic E-state index is 13.5. The summed E-state index contributed by atoms with van der Waals surface area (Å²) >= 11 is 0. The Morgan fingerprint density at radius 1 is 0.923 bits per heavy atom. The lowest BCUT2D eigenvalue weighted by Crippen LogP contribution is -2.12. The van der Waals surface area contributed by atoms with Gasteiger partial charge in [-0.05, 0) is 53.6 Å². The van der Waals surface area contributed by atoms with Crippen molar-refractivity contribution in [3.05, 3.63) is 47.8 Å². The predicted molar refractivity (Wildman–Crippen MR) is 93.7 cm³/mol. The lowest BCUT2D eigenvalue weighted by molar-refractivity contribution is 0.142. The number of halogens is 4. The van der Waals surface area contributed by atoms with E-state index in [-0.39, 0.29) is 22.9 Å². The Labute approximate surface area is 151 Å². The van der Waals surface area contributed by atoms with Crippen molar-refractivity contribution >= 4 is 0 Å². The normalized spacial score (nSPS) is 12.8. The summed E-state index contributed by atoms with van der Waals surface area (Å²) in [5, 5.41) is 0. The second-order valence-electron chi connectivity index (χ2n) is 6.87. The summed E-state index contributed by atoms with van der Waals surface area (Å²) < 4.78 is 58.1. The maximum Gasteiger partial charge on any atom is 0.280 e. The van der Waals surface area contributed by atoms with Crippen molar-refractivity contribution < 1.29 is 22.3 Å². The van der Waals surface area contributed by atoms with Crippen LogP contribution in [0.4, 0.5) is 17.6 Å². The Bertz CT molecular complexity index is 719. The summed E-state index contributed by atoms with van der Waals surface area (Å²) in [5.74, 6) is 0.873. The van der Waals surface area contributed by atoms with Crippen LogP contribution in [0, 0.1) is 11.8 Å². The van der Waals surface area contributed by atoms with Crippen molar-refractivity contribution in [2.75, 3.05) is 6.61 Å². The minimum atomic E-state index is -2.72. The van der Waals surface area contributed by atoms with E-state index in [1.807, 2.05) is 6.92 Å². The molecule has 0 aliphatic carbocycles. The number of alkyl halides is 4. The minimum absolute atomic E-state index is 0.127. The molecule has 2 aromatic rings. The van der Waals surface area contributed by atoms with Crippen molar-refractivity contribution in [3.63, 3.8) is 0 Å². The van der Waals surface area contributed by atoms with Crippen LogP contribution < -0.4 is 4.74 Å². The van der Waals surface area contributed by atoms with Crippen LogP contribution in [0.3, 0.4) is 0 Å². The third-order valence-electron chi connectivity index (χ3n) is 3.98. The lowest BCUT2D eigenvalue weighted by Gasteiger charge is -2.17. The Morgan fingerprint density at radius 3 is 2.23 bits per heavy atom. The molecular formula is C20H23F4NO. The maximum absolute atomic E-state index is 13.5. The number of rotatable bonds is 8. The summed E-state index contributed by atoms with van der Waals surface area (Å²) in [4.78, 5) is 3.59. The molecule has 0 saturated heterocycles. The highest BCUT2D eigenvalue weighted by atomic mass is 19.3. The molecule has 0 aliphatic rings. The average Bonchev–Trinajstić information content (AvgIpc) is 2.59. The van der Waals surface area contributed by atoms with Crippen LogP contribution in [-0.2, 0) is 0 Å². The van der Waals surface area contributed by atoms with Gasteiger partial charge in [-0.3, -0.25) is 4.98 Å². The molecule has 0 bridgehead atoms. The largest absolute Gasteiger partial charge is 0.493 e. The minimum Gasteiger partial charge on any atom is -0.493 e. The van der Waals surface area contributed by atoms with Gasteiger partial charge in [0.25, 0.3) is 12.9 Å². The smallest absolute Gasteiger partial charge is 0.280 e. The molecule has 1 aromatic carbocycles. The van der Waals surface area contributed by atoms with E-state index in [0.29, 0.717) is 23.7 Å². The van der Waals surface area contributed by atoms with Gasteiger partial charge < -0.3 is 4.74 Å². The third-order valence-corrected chi connectivity index (χ3v) is 3.98. The zero-order valence-corrected chi connectivity index (χ0v) is 15.1. The van der Waals surface area contributed by atoms with Gasteiger partial charge in [-0.2, -0.15) is 0 Å². The van der Waals surface area contributed by atoms with Crippen LogP contribution in [-0.4, -0.2) is 11.6 Å². The Morgan fingerprint density at radius 2 is 1.62 bits per heavy atom. The predicted octanol–water partition coefficient (Wildman–Crippen LogP) is 6.68. The number of aromatic nitrogens is 1. The topological polar surface area (TPSA) is 22.1 Å². The van der Waals surface area contributed by atoms with Gasteiger partial charge in [0.15, 0.2) is 0 Å². The summed E-state index contributed by atoms with van der Waals surface area (Å²) in [6.45, 7) is 6.55. The molecule has 1 atom stereocenters. The van der Waals surface area contributed by atoms with Crippen LogP contribution in [0.25, 0.3) is 11.1 Å². The van der Waals surface area contributed by atoms with E-state index in [1.54, 1.807) is 6.07 Å². The summed E-state index contributed by atoms with van der Waals surface area (Å²) in [6, 6.07) is 7.08. The standard InChI is InChI=1S/C20H23F4NO/c1-12(2)8-13(3)11-26-18-5-4-14(9-16(18)19(21)22)15-6-7-25-17(10-15)20(23)24/h4-7,9-10,12-13,19-20H,8,11H2,1-3H3/t13-/m0/s1.